The Hall–Kier alpha value is -1.12. The number of thiophene rings is 1. The van der Waals surface area contributed by atoms with Crippen molar-refractivity contribution in [1.29, 1.82) is 0 Å². The molecule has 1 heterocycles. The number of nitrogens with two attached hydrogens (primary N) is 1. The summed E-state index contributed by atoms with van der Waals surface area (Å²) in [4.78, 5) is 1.37. The third-order valence-electron chi connectivity index (χ3n) is 2.64. The average molecular weight is 231 g/mol. The molecule has 2 aromatic rings. The SMILES string of the molecule is Cc1ccsc1-c1ccc(CC(C)N)cc1. The highest BCUT2D eigenvalue weighted by Crippen LogP contribution is 2.29. The molecule has 0 spiro atoms. The van der Waals surface area contributed by atoms with Crippen molar-refractivity contribution in [1.82, 2.24) is 0 Å². The number of hydrogen-bond acceptors (Lipinski definition) is 2. The quantitative estimate of drug-likeness (QED) is 0.858. The van der Waals surface area contributed by atoms with Crippen molar-refractivity contribution in [3.05, 3.63) is 46.8 Å². The van der Waals surface area contributed by atoms with Gasteiger partial charge in [0, 0.05) is 10.9 Å². The van der Waals surface area contributed by atoms with Gasteiger partial charge in [-0.15, -0.1) is 11.3 Å². The van der Waals surface area contributed by atoms with Gasteiger partial charge in [-0.1, -0.05) is 24.3 Å². The van der Waals surface area contributed by atoms with Crippen LogP contribution in [0.5, 0.6) is 0 Å². The van der Waals surface area contributed by atoms with Gasteiger partial charge >= 0.3 is 0 Å². The van der Waals surface area contributed by atoms with Crippen molar-refractivity contribution in [3.63, 3.8) is 0 Å². The van der Waals surface area contributed by atoms with Crippen molar-refractivity contribution in [2.75, 3.05) is 0 Å². The molecule has 0 saturated heterocycles. The van der Waals surface area contributed by atoms with Gasteiger partial charge < -0.3 is 5.73 Å². The molecule has 0 saturated carbocycles. The van der Waals surface area contributed by atoms with Gasteiger partial charge in [0.05, 0.1) is 0 Å². The van der Waals surface area contributed by atoms with E-state index in [-0.39, 0.29) is 6.04 Å². The topological polar surface area (TPSA) is 26.0 Å². The van der Waals surface area contributed by atoms with Gasteiger partial charge in [-0.2, -0.15) is 0 Å². The van der Waals surface area contributed by atoms with Crippen LogP contribution in [0.2, 0.25) is 0 Å². The summed E-state index contributed by atoms with van der Waals surface area (Å²) in [5.74, 6) is 0. The van der Waals surface area contributed by atoms with Crippen LogP contribution in [0.4, 0.5) is 0 Å². The van der Waals surface area contributed by atoms with Gasteiger partial charge in [-0.3, -0.25) is 0 Å². The second-order valence-electron chi connectivity index (χ2n) is 4.31. The molecule has 0 radical (unpaired) electrons. The molecule has 0 amide bonds. The van der Waals surface area contributed by atoms with Crippen LogP contribution < -0.4 is 5.73 Å². The zero-order valence-electron chi connectivity index (χ0n) is 9.73. The van der Waals surface area contributed by atoms with E-state index >= 15 is 0 Å². The third kappa shape index (κ3) is 2.52. The highest BCUT2D eigenvalue weighted by Gasteiger charge is 2.03. The minimum absolute atomic E-state index is 0.231. The van der Waals surface area contributed by atoms with Crippen molar-refractivity contribution in [2.45, 2.75) is 26.3 Å². The molecule has 16 heavy (non-hydrogen) atoms. The van der Waals surface area contributed by atoms with Crippen molar-refractivity contribution < 1.29 is 0 Å². The summed E-state index contributed by atoms with van der Waals surface area (Å²) >= 11 is 1.80. The molecule has 0 bridgehead atoms. The minimum atomic E-state index is 0.231. The molecule has 0 fully saturated rings. The van der Waals surface area contributed by atoms with E-state index in [0.29, 0.717) is 0 Å². The lowest BCUT2D eigenvalue weighted by Gasteiger charge is -2.06. The summed E-state index contributed by atoms with van der Waals surface area (Å²) < 4.78 is 0. The molecule has 1 atom stereocenters. The van der Waals surface area contributed by atoms with E-state index in [2.05, 4.69) is 42.6 Å². The van der Waals surface area contributed by atoms with Crippen molar-refractivity contribution in [3.8, 4) is 10.4 Å². The molecule has 0 aliphatic carbocycles. The van der Waals surface area contributed by atoms with Crippen LogP contribution in [-0.4, -0.2) is 6.04 Å². The lowest BCUT2D eigenvalue weighted by molar-refractivity contribution is 0.738. The Balaban J connectivity index is 2.23. The molecule has 1 unspecified atom stereocenters. The van der Waals surface area contributed by atoms with Crippen LogP contribution in [0, 0.1) is 6.92 Å². The standard InChI is InChI=1S/C14H17NS/c1-10-7-8-16-14(10)13-5-3-12(4-6-13)9-11(2)15/h3-8,11H,9,15H2,1-2H3. The van der Waals surface area contributed by atoms with Crippen LogP contribution in [0.1, 0.15) is 18.1 Å². The Bertz CT molecular complexity index is 454. The molecule has 0 aliphatic rings. The monoisotopic (exact) mass is 231 g/mol. The van der Waals surface area contributed by atoms with Crippen LogP contribution in [0.3, 0.4) is 0 Å². The molecule has 1 nitrogen and oxygen atoms in total. The summed E-state index contributed by atoms with van der Waals surface area (Å²) in [6, 6.07) is 11.1. The predicted molar refractivity (Wildman–Crippen MR) is 71.8 cm³/mol. The van der Waals surface area contributed by atoms with Gasteiger partial charge in [-0.25, -0.2) is 0 Å². The van der Waals surface area contributed by atoms with E-state index in [1.165, 1.54) is 21.6 Å². The van der Waals surface area contributed by atoms with Crippen LogP contribution in [0.15, 0.2) is 35.7 Å². The highest BCUT2D eigenvalue weighted by molar-refractivity contribution is 7.13. The fourth-order valence-electron chi connectivity index (χ4n) is 1.83. The Kier molecular flexibility index (Phi) is 3.42. The van der Waals surface area contributed by atoms with E-state index in [1.807, 2.05) is 6.92 Å². The molecule has 2 rings (SSSR count). The zero-order valence-corrected chi connectivity index (χ0v) is 10.6. The first-order chi connectivity index (χ1) is 7.66. The van der Waals surface area contributed by atoms with Gasteiger partial charge in [-0.05, 0) is 48.4 Å². The van der Waals surface area contributed by atoms with E-state index in [4.69, 9.17) is 5.73 Å². The van der Waals surface area contributed by atoms with E-state index in [1.54, 1.807) is 11.3 Å². The lowest BCUT2D eigenvalue weighted by atomic mass is 10.0. The number of rotatable bonds is 3. The highest BCUT2D eigenvalue weighted by atomic mass is 32.1. The zero-order chi connectivity index (χ0) is 11.5. The maximum absolute atomic E-state index is 5.78. The smallest absolute Gasteiger partial charge is 0.0371 e. The second kappa shape index (κ2) is 4.81. The lowest BCUT2D eigenvalue weighted by Crippen LogP contribution is -2.17. The Morgan fingerprint density at radius 1 is 1.19 bits per heavy atom. The fourth-order valence-corrected chi connectivity index (χ4v) is 2.77. The minimum Gasteiger partial charge on any atom is -0.328 e. The molecule has 84 valence electrons. The largest absolute Gasteiger partial charge is 0.328 e. The third-order valence-corrected chi connectivity index (χ3v) is 3.70. The first-order valence-corrected chi connectivity index (χ1v) is 6.44. The van der Waals surface area contributed by atoms with Crippen LogP contribution >= 0.6 is 11.3 Å². The Morgan fingerprint density at radius 2 is 1.88 bits per heavy atom. The summed E-state index contributed by atoms with van der Waals surface area (Å²) in [5.41, 5.74) is 9.75. The van der Waals surface area contributed by atoms with Gasteiger partial charge in [0.15, 0.2) is 0 Å². The average Bonchev–Trinajstić information content (AvgIpc) is 2.65. The van der Waals surface area contributed by atoms with Crippen LogP contribution in [-0.2, 0) is 6.42 Å². The second-order valence-corrected chi connectivity index (χ2v) is 5.23. The number of hydrogen-bond donors (Lipinski definition) is 1. The molecular weight excluding hydrogens is 214 g/mol. The first-order valence-electron chi connectivity index (χ1n) is 5.56. The summed E-state index contributed by atoms with van der Waals surface area (Å²) in [5, 5.41) is 2.14. The van der Waals surface area contributed by atoms with Crippen molar-refractivity contribution >= 4 is 11.3 Å². The molecule has 0 aliphatic heterocycles. The maximum atomic E-state index is 5.78. The first kappa shape index (κ1) is 11.4. The van der Waals surface area contributed by atoms with Gasteiger partial charge in [0.2, 0.25) is 0 Å². The van der Waals surface area contributed by atoms with Gasteiger partial charge in [0.1, 0.15) is 0 Å². The van der Waals surface area contributed by atoms with Crippen LogP contribution in [0.25, 0.3) is 10.4 Å². The molecule has 2 N–H and O–H groups in total. The number of aryl methyl sites for hydroxylation is 1. The Morgan fingerprint density at radius 3 is 2.38 bits per heavy atom. The van der Waals surface area contributed by atoms with E-state index < -0.39 is 0 Å². The maximum Gasteiger partial charge on any atom is 0.0371 e. The predicted octanol–water partition coefficient (Wildman–Crippen LogP) is 3.61. The fraction of sp³-hybridized carbons (Fsp3) is 0.286. The van der Waals surface area contributed by atoms with E-state index in [0.717, 1.165) is 6.42 Å². The molecule has 2 heteroatoms. The molecule has 1 aromatic heterocycles. The summed E-state index contributed by atoms with van der Waals surface area (Å²) in [6.07, 6.45) is 0.948. The number of benzene rings is 1. The molecular formula is C14H17NS. The molecule has 1 aromatic carbocycles. The summed E-state index contributed by atoms with van der Waals surface area (Å²) in [6.45, 7) is 4.19. The van der Waals surface area contributed by atoms with Gasteiger partial charge in [0.25, 0.3) is 0 Å². The summed E-state index contributed by atoms with van der Waals surface area (Å²) in [7, 11) is 0. The van der Waals surface area contributed by atoms with Crippen molar-refractivity contribution in [2.24, 2.45) is 5.73 Å². The normalized spacial score (nSPS) is 12.7. The van der Waals surface area contributed by atoms with E-state index in [9.17, 15) is 0 Å². The Labute approximate surface area is 101 Å².